The van der Waals surface area contributed by atoms with Crippen LogP contribution in [0.1, 0.15) is 39.0 Å². The Morgan fingerprint density at radius 1 is 1.12 bits per heavy atom. The zero-order chi connectivity index (χ0) is 12.6. The van der Waals surface area contributed by atoms with Gasteiger partial charge in [-0.2, -0.15) is 4.31 Å². The van der Waals surface area contributed by atoms with Crippen molar-refractivity contribution in [2.24, 2.45) is 11.8 Å². The van der Waals surface area contributed by atoms with Crippen LogP contribution in [0.15, 0.2) is 0 Å². The predicted octanol–water partition coefficient (Wildman–Crippen LogP) is 0.901. The highest BCUT2D eigenvalue weighted by Gasteiger charge is 2.52. The van der Waals surface area contributed by atoms with Crippen molar-refractivity contribution in [2.45, 2.75) is 39.0 Å². The van der Waals surface area contributed by atoms with Gasteiger partial charge in [-0.05, 0) is 19.3 Å². The van der Waals surface area contributed by atoms with Gasteiger partial charge >= 0.3 is 0 Å². The van der Waals surface area contributed by atoms with Gasteiger partial charge in [0.05, 0.1) is 17.6 Å². The number of carbonyl (C=O) groups excluding carboxylic acids is 2. The second-order valence-electron chi connectivity index (χ2n) is 4.75. The Kier molecular flexibility index (Phi) is 3.25. The molecule has 0 aromatic rings. The quantitative estimate of drug-likeness (QED) is 0.706. The van der Waals surface area contributed by atoms with Crippen molar-refractivity contribution in [2.75, 3.05) is 5.75 Å². The van der Waals surface area contributed by atoms with Crippen molar-refractivity contribution in [3.05, 3.63) is 0 Å². The molecule has 2 aliphatic rings. The Labute approximate surface area is 101 Å². The van der Waals surface area contributed by atoms with Crippen LogP contribution in [0.3, 0.4) is 0 Å². The lowest BCUT2D eigenvalue weighted by atomic mass is 9.81. The summed E-state index contributed by atoms with van der Waals surface area (Å²) >= 11 is 0. The van der Waals surface area contributed by atoms with Crippen molar-refractivity contribution in [3.63, 3.8) is 0 Å². The van der Waals surface area contributed by atoms with Crippen LogP contribution in [0.25, 0.3) is 0 Å². The maximum absolute atomic E-state index is 12.0. The van der Waals surface area contributed by atoms with E-state index in [9.17, 15) is 18.0 Å². The number of amides is 2. The molecule has 2 fully saturated rings. The summed E-state index contributed by atoms with van der Waals surface area (Å²) in [4.78, 5) is 24.0. The van der Waals surface area contributed by atoms with E-state index in [0.717, 1.165) is 12.8 Å². The molecule has 96 valence electrons. The van der Waals surface area contributed by atoms with Crippen LogP contribution in [0, 0.1) is 11.8 Å². The summed E-state index contributed by atoms with van der Waals surface area (Å²) in [5, 5.41) is 0. The van der Waals surface area contributed by atoms with Crippen LogP contribution in [-0.2, 0) is 19.6 Å². The highest BCUT2D eigenvalue weighted by Crippen LogP contribution is 2.39. The molecule has 0 radical (unpaired) electrons. The molecular weight excluding hydrogens is 242 g/mol. The average Bonchev–Trinajstić information content (AvgIpc) is 2.53. The van der Waals surface area contributed by atoms with E-state index < -0.39 is 21.8 Å². The van der Waals surface area contributed by atoms with Crippen LogP contribution < -0.4 is 0 Å². The predicted molar refractivity (Wildman–Crippen MR) is 61.4 cm³/mol. The van der Waals surface area contributed by atoms with Crippen LogP contribution in [0.2, 0.25) is 0 Å². The number of carbonyl (C=O) groups is 2. The van der Waals surface area contributed by atoms with Gasteiger partial charge in [0.25, 0.3) is 0 Å². The molecule has 1 saturated heterocycles. The lowest BCUT2D eigenvalue weighted by Crippen LogP contribution is -2.38. The third kappa shape index (κ3) is 1.99. The number of sulfonamides is 1. The normalized spacial score (nSPS) is 29.6. The van der Waals surface area contributed by atoms with Gasteiger partial charge in [0.2, 0.25) is 21.8 Å². The van der Waals surface area contributed by atoms with E-state index in [4.69, 9.17) is 0 Å². The first-order valence-corrected chi connectivity index (χ1v) is 7.70. The topological polar surface area (TPSA) is 71.5 Å². The van der Waals surface area contributed by atoms with Crippen LogP contribution in [0.5, 0.6) is 0 Å². The number of hydrogen-bond donors (Lipinski definition) is 0. The summed E-state index contributed by atoms with van der Waals surface area (Å²) in [5.41, 5.74) is 0. The highest BCUT2D eigenvalue weighted by atomic mass is 32.2. The summed E-state index contributed by atoms with van der Waals surface area (Å²) in [7, 11) is -3.73. The third-order valence-corrected chi connectivity index (χ3v) is 5.38. The fourth-order valence-corrected chi connectivity index (χ4v) is 4.27. The van der Waals surface area contributed by atoms with Gasteiger partial charge in [0.15, 0.2) is 0 Å². The van der Waals surface area contributed by atoms with Crippen molar-refractivity contribution in [1.82, 2.24) is 4.31 Å². The largest absolute Gasteiger partial charge is 0.273 e. The SMILES string of the molecule is CCCS(=O)(=O)N1C(=O)C2CCCCC2C1=O. The van der Waals surface area contributed by atoms with E-state index in [1.807, 2.05) is 0 Å². The van der Waals surface area contributed by atoms with Gasteiger partial charge in [-0.25, -0.2) is 8.42 Å². The Bertz CT molecular complexity index is 418. The molecule has 1 saturated carbocycles. The molecule has 1 aliphatic carbocycles. The van der Waals surface area contributed by atoms with Crippen LogP contribution in [0.4, 0.5) is 0 Å². The van der Waals surface area contributed by atoms with E-state index in [0.29, 0.717) is 23.6 Å². The second kappa shape index (κ2) is 4.40. The van der Waals surface area contributed by atoms with E-state index in [-0.39, 0.29) is 17.6 Å². The molecule has 2 amide bonds. The number of nitrogens with zero attached hydrogens (tertiary/aromatic N) is 1. The minimum Gasteiger partial charge on any atom is -0.273 e. The number of hydrogen-bond acceptors (Lipinski definition) is 4. The van der Waals surface area contributed by atoms with Crippen molar-refractivity contribution < 1.29 is 18.0 Å². The Morgan fingerprint density at radius 2 is 1.59 bits per heavy atom. The maximum atomic E-state index is 12.0. The summed E-state index contributed by atoms with van der Waals surface area (Å²) in [6.07, 6.45) is 3.51. The van der Waals surface area contributed by atoms with E-state index >= 15 is 0 Å². The fraction of sp³-hybridized carbons (Fsp3) is 0.818. The Balaban J connectivity index is 2.31. The monoisotopic (exact) mass is 259 g/mol. The van der Waals surface area contributed by atoms with Gasteiger partial charge in [0.1, 0.15) is 0 Å². The average molecular weight is 259 g/mol. The summed E-state index contributed by atoms with van der Waals surface area (Å²) in [5.74, 6) is -1.89. The zero-order valence-corrected chi connectivity index (χ0v) is 10.7. The first-order chi connectivity index (χ1) is 7.99. The number of fused-ring (bicyclic) bond motifs is 1. The number of rotatable bonds is 3. The first-order valence-electron chi connectivity index (χ1n) is 6.09. The molecule has 0 spiro atoms. The summed E-state index contributed by atoms with van der Waals surface area (Å²) in [6, 6.07) is 0. The highest BCUT2D eigenvalue weighted by molar-refractivity contribution is 7.90. The van der Waals surface area contributed by atoms with E-state index in [2.05, 4.69) is 0 Å². The molecule has 2 rings (SSSR count). The molecule has 17 heavy (non-hydrogen) atoms. The molecule has 0 aromatic carbocycles. The molecule has 6 heteroatoms. The second-order valence-corrected chi connectivity index (χ2v) is 6.69. The maximum Gasteiger partial charge on any atom is 0.246 e. The van der Waals surface area contributed by atoms with E-state index in [1.165, 1.54) is 0 Å². The lowest BCUT2D eigenvalue weighted by molar-refractivity contribution is -0.133. The molecule has 2 atom stereocenters. The molecule has 5 nitrogen and oxygen atoms in total. The van der Waals surface area contributed by atoms with Crippen molar-refractivity contribution in [3.8, 4) is 0 Å². The Hall–Kier alpha value is -0.910. The third-order valence-electron chi connectivity index (χ3n) is 3.54. The molecule has 1 aliphatic heterocycles. The fourth-order valence-electron chi connectivity index (χ4n) is 2.76. The minimum absolute atomic E-state index is 0.135. The molecule has 0 aromatic heterocycles. The van der Waals surface area contributed by atoms with Gasteiger partial charge in [0, 0.05) is 0 Å². The zero-order valence-electron chi connectivity index (χ0n) is 9.89. The first kappa shape index (κ1) is 12.5. The number of imide groups is 1. The Morgan fingerprint density at radius 3 is 2.00 bits per heavy atom. The molecule has 0 N–H and O–H groups in total. The van der Waals surface area contributed by atoms with Gasteiger partial charge < -0.3 is 0 Å². The summed E-state index contributed by atoms with van der Waals surface area (Å²) < 4.78 is 24.3. The van der Waals surface area contributed by atoms with Gasteiger partial charge in [-0.15, -0.1) is 0 Å². The van der Waals surface area contributed by atoms with Crippen molar-refractivity contribution in [1.29, 1.82) is 0 Å². The van der Waals surface area contributed by atoms with Crippen LogP contribution >= 0.6 is 0 Å². The van der Waals surface area contributed by atoms with Crippen LogP contribution in [-0.4, -0.2) is 30.3 Å². The van der Waals surface area contributed by atoms with Gasteiger partial charge in [-0.3, -0.25) is 9.59 Å². The lowest BCUT2D eigenvalue weighted by Gasteiger charge is -2.19. The molecule has 0 bridgehead atoms. The smallest absolute Gasteiger partial charge is 0.246 e. The van der Waals surface area contributed by atoms with Gasteiger partial charge in [-0.1, -0.05) is 19.8 Å². The molecule has 1 heterocycles. The summed E-state index contributed by atoms with van der Waals surface area (Å²) in [6.45, 7) is 1.72. The van der Waals surface area contributed by atoms with Crippen molar-refractivity contribution >= 4 is 21.8 Å². The standard InChI is InChI=1S/C11H17NO4S/c1-2-7-17(15,16)12-10(13)8-5-3-4-6-9(8)11(12)14/h8-9H,2-7H2,1H3. The van der Waals surface area contributed by atoms with E-state index in [1.54, 1.807) is 6.92 Å². The molecular formula is C11H17NO4S. The minimum atomic E-state index is -3.73. The molecule has 2 unspecified atom stereocenters.